The quantitative estimate of drug-likeness (QED) is 0.511. The third-order valence-corrected chi connectivity index (χ3v) is 3.33. The Bertz CT molecular complexity index is 540. The van der Waals surface area contributed by atoms with Gasteiger partial charge in [0.25, 0.3) is 5.69 Å². The van der Waals surface area contributed by atoms with E-state index >= 15 is 0 Å². The molecule has 6 nitrogen and oxygen atoms in total. The molecule has 1 heterocycles. The highest BCUT2D eigenvalue weighted by atomic mass is 16.6. The van der Waals surface area contributed by atoms with Gasteiger partial charge >= 0.3 is 0 Å². The minimum Gasteiger partial charge on any atom is -0.494 e. The Labute approximate surface area is 111 Å². The van der Waals surface area contributed by atoms with Crippen molar-refractivity contribution >= 4 is 16.9 Å². The fraction of sp³-hybridized carbons (Fsp3) is 0.385. The molecule has 1 aliphatic heterocycles. The molecule has 1 aromatic carbocycles. The first kappa shape index (κ1) is 13.4. The molecular formula is C13H17N3O3. The number of nitrogens with zero attached hydrogens (tertiary/aromatic N) is 2. The van der Waals surface area contributed by atoms with Crippen LogP contribution in [0.25, 0.3) is 5.57 Å². The summed E-state index contributed by atoms with van der Waals surface area (Å²) in [4.78, 5) is 12.6. The van der Waals surface area contributed by atoms with Crippen LogP contribution in [-0.4, -0.2) is 37.1 Å². The second-order valence-corrected chi connectivity index (χ2v) is 4.58. The van der Waals surface area contributed by atoms with Crippen LogP contribution in [0.4, 0.5) is 11.4 Å². The van der Waals surface area contributed by atoms with E-state index in [0.29, 0.717) is 5.75 Å². The van der Waals surface area contributed by atoms with Gasteiger partial charge in [-0.2, -0.15) is 0 Å². The van der Waals surface area contributed by atoms with Gasteiger partial charge in [0.15, 0.2) is 11.4 Å². The van der Waals surface area contributed by atoms with Gasteiger partial charge in [-0.25, -0.2) is 0 Å². The molecule has 0 bridgehead atoms. The van der Waals surface area contributed by atoms with E-state index in [9.17, 15) is 10.1 Å². The first-order valence-electron chi connectivity index (χ1n) is 6.03. The zero-order chi connectivity index (χ0) is 14.0. The Balaban J connectivity index is 2.47. The largest absolute Gasteiger partial charge is 0.494 e. The summed E-state index contributed by atoms with van der Waals surface area (Å²) in [6.07, 6.45) is 2.98. The van der Waals surface area contributed by atoms with Gasteiger partial charge in [0.05, 0.1) is 12.0 Å². The SMILES string of the molecule is COc1c(C2=CCN(C)CC2)ccc([N+](=O)[O-])c1N. The Morgan fingerprint density at radius 2 is 2.21 bits per heavy atom. The lowest BCUT2D eigenvalue weighted by Crippen LogP contribution is -2.23. The van der Waals surface area contributed by atoms with E-state index in [1.54, 1.807) is 6.07 Å². The van der Waals surface area contributed by atoms with Gasteiger partial charge in [0.2, 0.25) is 0 Å². The number of methoxy groups -OCH3 is 1. The minimum absolute atomic E-state index is 0.0878. The molecule has 0 amide bonds. The number of nitro benzene ring substituents is 1. The van der Waals surface area contributed by atoms with Crippen LogP contribution in [0.15, 0.2) is 18.2 Å². The van der Waals surface area contributed by atoms with Crippen molar-refractivity contribution in [2.24, 2.45) is 0 Å². The van der Waals surface area contributed by atoms with E-state index in [4.69, 9.17) is 10.5 Å². The summed E-state index contributed by atoms with van der Waals surface area (Å²) in [7, 11) is 3.53. The molecule has 102 valence electrons. The molecule has 0 aromatic heterocycles. The van der Waals surface area contributed by atoms with Crippen LogP contribution in [0.3, 0.4) is 0 Å². The maximum absolute atomic E-state index is 10.9. The van der Waals surface area contributed by atoms with E-state index in [2.05, 4.69) is 18.0 Å². The predicted molar refractivity (Wildman–Crippen MR) is 74.2 cm³/mol. The number of rotatable bonds is 3. The molecule has 0 spiro atoms. The Morgan fingerprint density at radius 1 is 1.47 bits per heavy atom. The lowest BCUT2D eigenvalue weighted by Gasteiger charge is -2.23. The van der Waals surface area contributed by atoms with E-state index < -0.39 is 4.92 Å². The molecule has 19 heavy (non-hydrogen) atoms. The maximum atomic E-state index is 10.9. The van der Waals surface area contributed by atoms with Crippen LogP contribution in [0.2, 0.25) is 0 Å². The number of hydrogen-bond donors (Lipinski definition) is 1. The molecular weight excluding hydrogens is 246 g/mol. The highest BCUT2D eigenvalue weighted by Crippen LogP contribution is 2.39. The predicted octanol–water partition coefficient (Wildman–Crippen LogP) is 1.90. The van der Waals surface area contributed by atoms with E-state index in [1.165, 1.54) is 13.2 Å². The third-order valence-electron chi connectivity index (χ3n) is 3.33. The summed E-state index contributed by atoms with van der Waals surface area (Å²) in [6, 6.07) is 3.15. The topological polar surface area (TPSA) is 81.6 Å². The summed E-state index contributed by atoms with van der Waals surface area (Å²) in [5.74, 6) is 0.394. The first-order chi connectivity index (χ1) is 9.04. The molecule has 0 fully saturated rings. The molecule has 0 saturated heterocycles. The molecule has 0 saturated carbocycles. The van der Waals surface area contributed by atoms with Gasteiger partial charge in [-0.3, -0.25) is 10.1 Å². The summed E-state index contributed by atoms with van der Waals surface area (Å²) in [5, 5.41) is 10.9. The molecule has 0 radical (unpaired) electrons. The monoisotopic (exact) mass is 263 g/mol. The van der Waals surface area contributed by atoms with Gasteiger partial charge in [-0.05, 0) is 25.1 Å². The van der Waals surface area contributed by atoms with E-state index in [0.717, 1.165) is 30.6 Å². The number of nitro groups is 1. The lowest BCUT2D eigenvalue weighted by molar-refractivity contribution is -0.384. The van der Waals surface area contributed by atoms with Crippen molar-refractivity contribution in [2.75, 3.05) is 33.0 Å². The van der Waals surface area contributed by atoms with Crippen LogP contribution in [0.1, 0.15) is 12.0 Å². The average Bonchev–Trinajstić information content (AvgIpc) is 2.38. The van der Waals surface area contributed by atoms with Crippen LogP contribution in [-0.2, 0) is 0 Å². The highest BCUT2D eigenvalue weighted by molar-refractivity contribution is 5.81. The van der Waals surface area contributed by atoms with Gasteiger partial charge in [-0.15, -0.1) is 0 Å². The van der Waals surface area contributed by atoms with E-state index in [-0.39, 0.29) is 11.4 Å². The standard InChI is InChI=1S/C13H17N3O3/c1-15-7-5-9(6-8-15)10-3-4-11(16(17)18)12(14)13(10)19-2/h3-5H,6-8,14H2,1-2H3. The summed E-state index contributed by atoms with van der Waals surface area (Å²) < 4.78 is 5.26. The van der Waals surface area contributed by atoms with Crippen molar-refractivity contribution < 1.29 is 9.66 Å². The zero-order valence-electron chi connectivity index (χ0n) is 11.0. The first-order valence-corrected chi connectivity index (χ1v) is 6.03. The van der Waals surface area contributed by atoms with Gasteiger partial charge in [0, 0.05) is 24.7 Å². The normalized spacial score (nSPS) is 16.0. The van der Waals surface area contributed by atoms with Crippen molar-refractivity contribution in [3.63, 3.8) is 0 Å². The van der Waals surface area contributed by atoms with Gasteiger partial charge in [0.1, 0.15) is 0 Å². The number of nitrogen functional groups attached to an aromatic ring is 1. The zero-order valence-corrected chi connectivity index (χ0v) is 11.0. The number of anilines is 1. The maximum Gasteiger partial charge on any atom is 0.295 e. The molecule has 1 aromatic rings. The van der Waals surface area contributed by atoms with Crippen molar-refractivity contribution in [2.45, 2.75) is 6.42 Å². The molecule has 6 heteroatoms. The number of ether oxygens (including phenoxy) is 1. The van der Waals surface area contributed by atoms with Crippen LogP contribution < -0.4 is 10.5 Å². The molecule has 0 unspecified atom stereocenters. The Kier molecular flexibility index (Phi) is 3.71. The van der Waals surface area contributed by atoms with Crippen LogP contribution in [0, 0.1) is 10.1 Å². The molecule has 1 aliphatic rings. The second kappa shape index (κ2) is 5.27. The number of benzene rings is 1. The second-order valence-electron chi connectivity index (χ2n) is 4.58. The third kappa shape index (κ3) is 2.53. The fourth-order valence-electron chi connectivity index (χ4n) is 2.24. The van der Waals surface area contributed by atoms with Gasteiger partial charge < -0.3 is 15.4 Å². The molecule has 2 rings (SSSR count). The van der Waals surface area contributed by atoms with Crippen molar-refractivity contribution in [3.05, 3.63) is 33.9 Å². The summed E-state index contributed by atoms with van der Waals surface area (Å²) in [6.45, 7) is 1.81. The lowest BCUT2D eigenvalue weighted by atomic mass is 9.97. The highest BCUT2D eigenvalue weighted by Gasteiger charge is 2.21. The van der Waals surface area contributed by atoms with Crippen LogP contribution >= 0.6 is 0 Å². The number of nitrogens with two attached hydrogens (primary N) is 1. The molecule has 0 aliphatic carbocycles. The van der Waals surface area contributed by atoms with E-state index in [1.807, 2.05) is 0 Å². The van der Waals surface area contributed by atoms with Gasteiger partial charge in [-0.1, -0.05) is 6.08 Å². The summed E-state index contributed by atoms with van der Waals surface area (Å²) in [5.41, 5.74) is 7.76. The molecule has 2 N–H and O–H groups in total. The Hall–Kier alpha value is -2.08. The molecule has 0 atom stereocenters. The minimum atomic E-state index is -0.495. The fourth-order valence-corrected chi connectivity index (χ4v) is 2.24. The van der Waals surface area contributed by atoms with Crippen molar-refractivity contribution in [1.82, 2.24) is 4.90 Å². The van der Waals surface area contributed by atoms with Crippen LogP contribution in [0.5, 0.6) is 5.75 Å². The van der Waals surface area contributed by atoms with Crippen molar-refractivity contribution in [3.8, 4) is 5.75 Å². The smallest absolute Gasteiger partial charge is 0.295 e. The number of likely N-dealkylation sites (N-methyl/N-ethyl adjacent to an activating group) is 1. The number of hydrogen-bond acceptors (Lipinski definition) is 5. The van der Waals surface area contributed by atoms with Crippen molar-refractivity contribution in [1.29, 1.82) is 0 Å². The average molecular weight is 263 g/mol. The summed E-state index contributed by atoms with van der Waals surface area (Å²) >= 11 is 0. The Morgan fingerprint density at radius 3 is 2.74 bits per heavy atom.